The van der Waals surface area contributed by atoms with Gasteiger partial charge in [0, 0.05) is 12.1 Å². The number of nitrogen functional groups attached to an aromatic ring is 1. The van der Waals surface area contributed by atoms with Crippen LogP contribution >= 0.6 is 0 Å². The van der Waals surface area contributed by atoms with Gasteiger partial charge in [-0.3, -0.25) is 0 Å². The van der Waals surface area contributed by atoms with Crippen LogP contribution in [0.2, 0.25) is 0 Å². The van der Waals surface area contributed by atoms with Crippen LogP contribution in [0.5, 0.6) is 17.2 Å². The van der Waals surface area contributed by atoms with Gasteiger partial charge in [-0.25, -0.2) is 0 Å². The lowest BCUT2D eigenvalue weighted by Gasteiger charge is -2.13. The van der Waals surface area contributed by atoms with Crippen LogP contribution in [-0.4, -0.2) is 21.3 Å². The topological polar surface area (TPSA) is 77.5 Å². The van der Waals surface area contributed by atoms with Gasteiger partial charge in [-0.15, -0.1) is 0 Å². The third kappa shape index (κ3) is 3.55. The highest BCUT2D eigenvalue weighted by molar-refractivity contribution is 5.84. The molecule has 2 aromatic carbocycles. The minimum atomic E-state index is 0.503. The third-order valence-electron chi connectivity index (χ3n) is 3.41. The van der Waals surface area contributed by atoms with E-state index in [0.29, 0.717) is 22.9 Å². The van der Waals surface area contributed by atoms with Crippen molar-refractivity contribution in [3.63, 3.8) is 0 Å². The molecule has 0 bridgehead atoms. The molecule has 2 rings (SSSR count). The molecule has 2 N–H and O–H groups in total. The van der Waals surface area contributed by atoms with Crippen molar-refractivity contribution in [2.45, 2.75) is 0 Å². The van der Waals surface area contributed by atoms with Gasteiger partial charge >= 0.3 is 0 Å². The van der Waals surface area contributed by atoms with E-state index in [-0.39, 0.29) is 0 Å². The number of nitrogens with two attached hydrogens (primary N) is 1. The van der Waals surface area contributed by atoms with Crippen LogP contribution in [-0.2, 0) is 0 Å². The summed E-state index contributed by atoms with van der Waals surface area (Å²) in [5.74, 6) is 1.88. The molecule has 2 aromatic rings. The van der Waals surface area contributed by atoms with Crippen LogP contribution in [0.15, 0.2) is 42.5 Å². The SMILES string of the molecule is COc1cc(OC)cc(/C(=C\C#N)c2ccc(OC)c(N)c2)c1. The number of benzene rings is 2. The Morgan fingerprint density at radius 2 is 1.61 bits per heavy atom. The summed E-state index contributed by atoms with van der Waals surface area (Å²) in [5.41, 5.74) is 8.80. The van der Waals surface area contributed by atoms with E-state index in [2.05, 4.69) is 6.07 Å². The first kappa shape index (κ1) is 16.2. The maximum absolute atomic E-state index is 9.14. The van der Waals surface area contributed by atoms with E-state index in [0.717, 1.165) is 16.7 Å². The highest BCUT2D eigenvalue weighted by atomic mass is 16.5. The second-order valence-electron chi connectivity index (χ2n) is 4.75. The monoisotopic (exact) mass is 310 g/mol. The summed E-state index contributed by atoms with van der Waals surface area (Å²) in [7, 11) is 4.72. The van der Waals surface area contributed by atoms with E-state index < -0.39 is 0 Å². The Hall–Kier alpha value is -3.13. The molecule has 0 aliphatic carbocycles. The third-order valence-corrected chi connectivity index (χ3v) is 3.41. The lowest BCUT2D eigenvalue weighted by molar-refractivity contribution is 0.394. The second-order valence-corrected chi connectivity index (χ2v) is 4.75. The summed E-state index contributed by atoms with van der Waals surface area (Å²) < 4.78 is 15.7. The zero-order chi connectivity index (χ0) is 16.8. The molecule has 5 heteroatoms. The molecule has 0 saturated heterocycles. The molecular weight excluding hydrogens is 292 g/mol. The van der Waals surface area contributed by atoms with E-state index >= 15 is 0 Å². The molecule has 0 radical (unpaired) electrons. The smallest absolute Gasteiger partial charge is 0.141 e. The number of anilines is 1. The first-order valence-corrected chi connectivity index (χ1v) is 6.90. The molecule has 0 aliphatic heterocycles. The first-order valence-electron chi connectivity index (χ1n) is 6.90. The summed E-state index contributed by atoms with van der Waals surface area (Å²) in [6, 6.07) is 12.9. The van der Waals surface area contributed by atoms with Gasteiger partial charge in [0.1, 0.15) is 17.2 Å². The van der Waals surface area contributed by atoms with E-state index in [1.54, 1.807) is 39.5 Å². The minimum Gasteiger partial charge on any atom is -0.497 e. The standard InChI is InChI=1S/C18H18N2O3/c1-21-14-8-13(9-15(11-14)22-2)16(6-7-19)12-4-5-18(23-3)17(20)10-12/h4-6,8-11H,20H2,1-3H3/b16-6-. The van der Waals surface area contributed by atoms with Crippen molar-refractivity contribution < 1.29 is 14.2 Å². The Bertz CT molecular complexity index is 754. The molecule has 0 amide bonds. The van der Waals surface area contributed by atoms with Crippen LogP contribution < -0.4 is 19.9 Å². The molecule has 0 unspecified atom stereocenters. The lowest BCUT2D eigenvalue weighted by atomic mass is 9.96. The zero-order valence-electron chi connectivity index (χ0n) is 13.3. The molecule has 118 valence electrons. The fourth-order valence-corrected chi connectivity index (χ4v) is 2.26. The van der Waals surface area contributed by atoms with Gasteiger partial charge in [-0.05, 0) is 41.0 Å². The Labute approximate surface area is 135 Å². The van der Waals surface area contributed by atoms with Crippen molar-refractivity contribution >= 4 is 11.3 Å². The van der Waals surface area contributed by atoms with Crippen LogP contribution in [0.4, 0.5) is 5.69 Å². The number of hydrogen-bond donors (Lipinski definition) is 1. The quantitative estimate of drug-likeness (QED) is 0.677. The normalized spacial score (nSPS) is 10.8. The van der Waals surface area contributed by atoms with E-state index in [1.165, 1.54) is 6.08 Å². The van der Waals surface area contributed by atoms with Crippen molar-refractivity contribution in [2.75, 3.05) is 27.1 Å². The maximum Gasteiger partial charge on any atom is 0.141 e. The van der Waals surface area contributed by atoms with Gasteiger partial charge in [-0.2, -0.15) is 5.26 Å². The highest BCUT2D eigenvalue weighted by Gasteiger charge is 2.11. The maximum atomic E-state index is 9.14. The first-order chi connectivity index (χ1) is 11.1. The number of nitrogens with zero attached hydrogens (tertiary/aromatic N) is 1. The molecule has 0 spiro atoms. The van der Waals surface area contributed by atoms with E-state index in [1.807, 2.05) is 18.2 Å². The number of rotatable bonds is 5. The van der Waals surface area contributed by atoms with Gasteiger partial charge in [-0.1, -0.05) is 6.07 Å². The Kier molecular flexibility index (Phi) is 5.11. The number of methoxy groups -OCH3 is 3. The Balaban J connectivity index is 2.58. The van der Waals surface area contributed by atoms with Gasteiger partial charge < -0.3 is 19.9 Å². The van der Waals surface area contributed by atoms with Crippen LogP contribution in [0.3, 0.4) is 0 Å². The van der Waals surface area contributed by atoms with Gasteiger partial charge in [0.25, 0.3) is 0 Å². The van der Waals surface area contributed by atoms with Crippen LogP contribution in [0, 0.1) is 11.3 Å². The molecule has 0 saturated carbocycles. The zero-order valence-corrected chi connectivity index (χ0v) is 13.3. The molecule has 23 heavy (non-hydrogen) atoms. The lowest BCUT2D eigenvalue weighted by Crippen LogP contribution is -1.96. The molecule has 0 heterocycles. The molecule has 0 fully saturated rings. The fourth-order valence-electron chi connectivity index (χ4n) is 2.26. The summed E-state index contributed by atoms with van der Waals surface area (Å²) >= 11 is 0. The van der Waals surface area contributed by atoms with Gasteiger partial charge in [0.15, 0.2) is 0 Å². The van der Waals surface area contributed by atoms with Crippen molar-refractivity contribution in [1.82, 2.24) is 0 Å². The van der Waals surface area contributed by atoms with Crippen LogP contribution in [0.1, 0.15) is 11.1 Å². The summed E-state index contributed by atoms with van der Waals surface area (Å²) in [5, 5.41) is 9.14. The van der Waals surface area contributed by atoms with Gasteiger partial charge in [0.05, 0.1) is 33.1 Å². The molecule has 0 aliphatic rings. The van der Waals surface area contributed by atoms with Crippen molar-refractivity contribution in [3.05, 3.63) is 53.6 Å². The largest absolute Gasteiger partial charge is 0.497 e. The summed E-state index contributed by atoms with van der Waals surface area (Å²) in [6.07, 6.45) is 1.47. The molecule has 0 aromatic heterocycles. The number of nitriles is 1. The molecule has 0 atom stereocenters. The van der Waals surface area contributed by atoms with E-state index in [4.69, 9.17) is 25.2 Å². The Morgan fingerprint density at radius 1 is 0.957 bits per heavy atom. The highest BCUT2D eigenvalue weighted by Crippen LogP contribution is 2.33. The average Bonchev–Trinajstić information content (AvgIpc) is 2.59. The predicted molar refractivity (Wildman–Crippen MR) is 89.6 cm³/mol. The fraction of sp³-hybridized carbons (Fsp3) is 0.167. The average molecular weight is 310 g/mol. The summed E-state index contributed by atoms with van der Waals surface area (Å²) in [6.45, 7) is 0. The number of allylic oxidation sites excluding steroid dienone is 1. The second kappa shape index (κ2) is 7.23. The van der Waals surface area contributed by atoms with E-state index in [9.17, 15) is 0 Å². The van der Waals surface area contributed by atoms with Crippen molar-refractivity contribution in [1.29, 1.82) is 5.26 Å². The number of hydrogen-bond acceptors (Lipinski definition) is 5. The minimum absolute atomic E-state index is 0.503. The Morgan fingerprint density at radius 3 is 2.09 bits per heavy atom. The number of ether oxygens (including phenoxy) is 3. The summed E-state index contributed by atoms with van der Waals surface area (Å²) in [4.78, 5) is 0. The predicted octanol–water partition coefficient (Wildman–Crippen LogP) is 3.25. The molecule has 5 nitrogen and oxygen atoms in total. The van der Waals surface area contributed by atoms with Crippen molar-refractivity contribution in [3.8, 4) is 23.3 Å². The van der Waals surface area contributed by atoms with Crippen molar-refractivity contribution in [2.24, 2.45) is 0 Å². The van der Waals surface area contributed by atoms with Gasteiger partial charge in [0.2, 0.25) is 0 Å². The molecular formula is C18H18N2O3. The van der Waals surface area contributed by atoms with Crippen LogP contribution in [0.25, 0.3) is 5.57 Å².